The zero-order valence-corrected chi connectivity index (χ0v) is 10.0. The van der Waals surface area contributed by atoms with Crippen LogP contribution in [0.4, 0.5) is 0 Å². The predicted molar refractivity (Wildman–Crippen MR) is 63.6 cm³/mol. The van der Waals surface area contributed by atoms with Gasteiger partial charge < -0.3 is 4.57 Å². The topological polar surface area (TPSA) is 4.93 Å². The van der Waals surface area contributed by atoms with Crippen LogP contribution in [-0.2, 0) is 13.5 Å². The van der Waals surface area contributed by atoms with E-state index in [0.717, 1.165) is 12.8 Å². The van der Waals surface area contributed by atoms with Gasteiger partial charge >= 0.3 is 0 Å². The molecule has 0 aliphatic heterocycles. The van der Waals surface area contributed by atoms with E-state index in [1.165, 1.54) is 21.7 Å². The molecule has 0 aliphatic carbocycles. The first-order valence-electron chi connectivity index (χ1n) is 5.43. The SMILES string of the molecule is CC/C=c1\c(=C(C)C)c(CC)cn1C. The van der Waals surface area contributed by atoms with Crippen molar-refractivity contribution in [1.29, 1.82) is 0 Å². The van der Waals surface area contributed by atoms with Gasteiger partial charge in [0, 0.05) is 23.8 Å². The number of hydrogen-bond donors (Lipinski definition) is 0. The molecule has 0 N–H and O–H groups in total. The van der Waals surface area contributed by atoms with E-state index < -0.39 is 0 Å². The minimum absolute atomic E-state index is 1.10. The molecule has 78 valence electrons. The van der Waals surface area contributed by atoms with Gasteiger partial charge in [0.1, 0.15) is 0 Å². The summed E-state index contributed by atoms with van der Waals surface area (Å²) in [5.41, 5.74) is 2.88. The van der Waals surface area contributed by atoms with E-state index in [1.54, 1.807) is 0 Å². The molecule has 1 heteroatoms. The number of rotatable bonds is 2. The van der Waals surface area contributed by atoms with Crippen molar-refractivity contribution >= 4 is 11.6 Å². The van der Waals surface area contributed by atoms with E-state index in [4.69, 9.17) is 0 Å². The van der Waals surface area contributed by atoms with E-state index in [0.29, 0.717) is 0 Å². The van der Waals surface area contributed by atoms with Crippen LogP contribution in [0.25, 0.3) is 11.6 Å². The van der Waals surface area contributed by atoms with Crippen molar-refractivity contribution in [3.8, 4) is 0 Å². The number of nitrogens with zero attached hydrogens (tertiary/aromatic N) is 1. The minimum atomic E-state index is 1.10. The molecule has 1 aromatic heterocycles. The van der Waals surface area contributed by atoms with Crippen LogP contribution in [0.2, 0.25) is 0 Å². The first-order chi connectivity index (χ1) is 6.61. The Balaban J connectivity index is 3.66. The molecule has 0 aromatic carbocycles. The Morgan fingerprint density at radius 2 is 2.00 bits per heavy atom. The molecule has 0 spiro atoms. The maximum atomic E-state index is 2.31. The third-order valence-corrected chi connectivity index (χ3v) is 2.59. The molecule has 1 aromatic rings. The molecular weight excluding hydrogens is 170 g/mol. The van der Waals surface area contributed by atoms with E-state index in [9.17, 15) is 0 Å². The van der Waals surface area contributed by atoms with Crippen LogP contribution < -0.4 is 10.6 Å². The van der Waals surface area contributed by atoms with Gasteiger partial charge in [-0.25, -0.2) is 0 Å². The Hall–Kier alpha value is -0.980. The van der Waals surface area contributed by atoms with Crippen molar-refractivity contribution in [2.75, 3.05) is 0 Å². The van der Waals surface area contributed by atoms with Crippen LogP contribution in [0.1, 0.15) is 39.7 Å². The number of hydrogen-bond acceptors (Lipinski definition) is 0. The van der Waals surface area contributed by atoms with Crippen molar-refractivity contribution in [2.45, 2.75) is 40.5 Å². The summed E-state index contributed by atoms with van der Waals surface area (Å²) in [6.07, 6.45) is 6.78. The van der Waals surface area contributed by atoms with Gasteiger partial charge in [-0.3, -0.25) is 0 Å². The molecule has 0 aliphatic rings. The van der Waals surface area contributed by atoms with Crippen LogP contribution in [0.15, 0.2) is 6.20 Å². The second kappa shape index (κ2) is 4.50. The average molecular weight is 191 g/mol. The number of aryl methyl sites for hydroxylation is 2. The average Bonchev–Trinajstić information content (AvgIpc) is 2.44. The molecule has 0 bridgehead atoms. The maximum absolute atomic E-state index is 2.31. The highest BCUT2D eigenvalue weighted by Crippen LogP contribution is 1.94. The van der Waals surface area contributed by atoms with E-state index in [1.807, 2.05) is 0 Å². The standard InChI is InChI=1S/C13H21N/c1-6-8-12-13(10(3)4)11(7-2)9-14(12)5/h8-9H,6-7H2,1-5H3/b12-8+. The van der Waals surface area contributed by atoms with Crippen molar-refractivity contribution < 1.29 is 0 Å². The Kier molecular flexibility index (Phi) is 3.56. The van der Waals surface area contributed by atoms with Gasteiger partial charge in [0.2, 0.25) is 0 Å². The molecule has 0 saturated heterocycles. The van der Waals surface area contributed by atoms with Crippen LogP contribution >= 0.6 is 0 Å². The molecule has 0 radical (unpaired) electrons. The Morgan fingerprint density at radius 1 is 1.36 bits per heavy atom. The summed E-state index contributed by atoms with van der Waals surface area (Å²) in [6.45, 7) is 8.80. The van der Waals surface area contributed by atoms with E-state index >= 15 is 0 Å². The molecule has 1 nitrogen and oxygen atoms in total. The van der Waals surface area contributed by atoms with Crippen molar-refractivity contribution in [3.05, 3.63) is 22.3 Å². The first kappa shape index (κ1) is 11.1. The fourth-order valence-electron chi connectivity index (χ4n) is 1.99. The third kappa shape index (κ3) is 1.92. The van der Waals surface area contributed by atoms with Crippen LogP contribution in [-0.4, -0.2) is 4.57 Å². The van der Waals surface area contributed by atoms with Gasteiger partial charge in [0.15, 0.2) is 0 Å². The lowest BCUT2D eigenvalue weighted by Crippen LogP contribution is -2.30. The molecule has 14 heavy (non-hydrogen) atoms. The molecule has 0 unspecified atom stereocenters. The van der Waals surface area contributed by atoms with E-state index in [2.05, 4.69) is 51.6 Å². The van der Waals surface area contributed by atoms with Crippen LogP contribution in [0.3, 0.4) is 0 Å². The molecule has 0 atom stereocenters. The van der Waals surface area contributed by atoms with Crippen molar-refractivity contribution in [1.82, 2.24) is 4.57 Å². The van der Waals surface area contributed by atoms with Gasteiger partial charge in [-0.1, -0.05) is 25.5 Å². The minimum Gasteiger partial charge on any atom is -0.351 e. The summed E-state index contributed by atoms with van der Waals surface area (Å²) < 4.78 is 2.24. The summed E-state index contributed by atoms with van der Waals surface area (Å²) in [6, 6.07) is 0. The van der Waals surface area contributed by atoms with Gasteiger partial charge in [-0.05, 0) is 32.3 Å². The smallest absolute Gasteiger partial charge is 0.0439 e. The lowest BCUT2D eigenvalue weighted by molar-refractivity contribution is 0.880. The lowest BCUT2D eigenvalue weighted by Gasteiger charge is -1.93. The molecular formula is C13H21N. The first-order valence-corrected chi connectivity index (χ1v) is 5.43. The number of aromatic nitrogens is 1. The van der Waals surface area contributed by atoms with Gasteiger partial charge in [-0.2, -0.15) is 0 Å². The molecule has 0 fully saturated rings. The molecule has 1 rings (SSSR count). The Morgan fingerprint density at radius 3 is 2.43 bits per heavy atom. The summed E-state index contributed by atoms with van der Waals surface area (Å²) in [5, 5.41) is 2.83. The van der Waals surface area contributed by atoms with Crippen LogP contribution in [0, 0.1) is 0 Å². The second-order valence-corrected chi connectivity index (χ2v) is 3.99. The molecule has 0 amide bonds. The monoisotopic (exact) mass is 191 g/mol. The van der Waals surface area contributed by atoms with Crippen molar-refractivity contribution in [3.63, 3.8) is 0 Å². The highest BCUT2D eigenvalue weighted by Gasteiger charge is 2.00. The normalized spacial score (nSPS) is 12.2. The van der Waals surface area contributed by atoms with Crippen molar-refractivity contribution in [2.24, 2.45) is 7.05 Å². The zero-order valence-electron chi connectivity index (χ0n) is 10.0. The second-order valence-electron chi connectivity index (χ2n) is 3.99. The summed E-state index contributed by atoms with van der Waals surface area (Å²) in [5.74, 6) is 0. The summed E-state index contributed by atoms with van der Waals surface area (Å²) >= 11 is 0. The highest BCUT2D eigenvalue weighted by molar-refractivity contribution is 5.43. The van der Waals surface area contributed by atoms with Crippen LogP contribution in [0.5, 0.6) is 0 Å². The Bertz CT molecular complexity index is 417. The Labute approximate surface area is 86.8 Å². The summed E-state index contributed by atoms with van der Waals surface area (Å²) in [4.78, 5) is 0. The largest absolute Gasteiger partial charge is 0.351 e. The highest BCUT2D eigenvalue weighted by atomic mass is 14.9. The quantitative estimate of drug-likeness (QED) is 0.673. The zero-order chi connectivity index (χ0) is 10.7. The fourth-order valence-corrected chi connectivity index (χ4v) is 1.99. The third-order valence-electron chi connectivity index (χ3n) is 2.59. The van der Waals surface area contributed by atoms with Gasteiger partial charge in [-0.15, -0.1) is 0 Å². The predicted octanol–water partition coefficient (Wildman–Crippen LogP) is 1.97. The van der Waals surface area contributed by atoms with Gasteiger partial charge in [0.05, 0.1) is 0 Å². The molecule has 1 heterocycles. The molecule has 0 saturated carbocycles. The van der Waals surface area contributed by atoms with E-state index in [-0.39, 0.29) is 0 Å². The fraction of sp³-hybridized carbons (Fsp3) is 0.538. The maximum Gasteiger partial charge on any atom is 0.0439 e. The lowest BCUT2D eigenvalue weighted by atomic mass is 10.1. The van der Waals surface area contributed by atoms with Gasteiger partial charge in [0.25, 0.3) is 0 Å². The summed E-state index contributed by atoms with van der Waals surface area (Å²) in [7, 11) is 2.13.